The third kappa shape index (κ3) is 53.5. The molecule has 0 amide bonds. The van der Waals surface area contributed by atoms with Crippen molar-refractivity contribution in [1.82, 2.24) is 0 Å². The van der Waals surface area contributed by atoms with Crippen molar-refractivity contribution in [3.05, 3.63) is 0 Å². The summed E-state index contributed by atoms with van der Waals surface area (Å²) < 4.78 is 41.6. The number of carbonyl (C=O) groups is 2. The molecule has 0 saturated heterocycles. The fourth-order valence-corrected chi connectivity index (χ4v) is 7.16. The molecule has 2 atom stereocenters. The van der Waals surface area contributed by atoms with Gasteiger partial charge in [-0.05, 0) is 12.8 Å². The Bertz CT molecular complexity index is 916. The van der Waals surface area contributed by atoms with Gasteiger partial charge in [-0.25, -0.2) is 0 Å². The maximum Gasteiger partial charge on any atom is 1.00 e. The van der Waals surface area contributed by atoms with Gasteiger partial charge in [0.15, 0.2) is 12.2 Å². The van der Waals surface area contributed by atoms with Gasteiger partial charge < -0.3 is 47.2 Å². The van der Waals surface area contributed by atoms with E-state index < -0.39 is 53.0 Å². The first-order chi connectivity index (χ1) is 25.9. The topological polar surface area (TPSA) is 197 Å². The van der Waals surface area contributed by atoms with E-state index in [4.69, 9.17) is 9.47 Å². The van der Waals surface area contributed by atoms with Gasteiger partial charge >= 0.3 is 130 Å². The SMILES string of the molecule is CCCCCCCCCCCCCCCCCC(=O)OC(COP(=O)([O-])[O-])C(COP(=O)([O-])[O-])OC(=O)CCCCCCCCCCCCCCCCC.[Na+].[Na+].[Na+].[Na+]. The summed E-state index contributed by atoms with van der Waals surface area (Å²) in [6.45, 7) is 2.39. The van der Waals surface area contributed by atoms with Gasteiger partial charge in [-0.1, -0.05) is 194 Å². The van der Waals surface area contributed by atoms with Crippen LogP contribution in [0.3, 0.4) is 0 Å². The van der Waals surface area contributed by atoms with Gasteiger partial charge in [-0.15, -0.1) is 0 Å². The molecule has 0 heterocycles. The molecule has 2 unspecified atom stereocenters. The minimum absolute atomic E-state index is 0. The minimum Gasteiger partial charge on any atom is -0.790 e. The molecule has 0 rings (SSSR count). The second-order valence-corrected chi connectivity index (χ2v) is 17.2. The van der Waals surface area contributed by atoms with Crippen LogP contribution in [0.1, 0.15) is 219 Å². The monoisotopic (exact) mass is 902 g/mol. The van der Waals surface area contributed by atoms with Crippen LogP contribution < -0.4 is 138 Å². The molecule has 0 N–H and O–H groups in total. The molecule has 0 aromatic carbocycles. The van der Waals surface area contributed by atoms with Crippen molar-refractivity contribution in [3.8, 4) is 0 Å². The average Bonchev–Trinajstić information content (AvgIpc) is 3.11. The predicted molar refractivity (Wildman–Crippen MR) is 206 cm³/mol. The van der Waals surface area contributed by atoms with Crippen LogP contribution in [0.25, 0.3) is 0 Å². The van der Waals surface area contributed by atoms with Crippen molar-refractivity contribution in [1.29, 1.82) is 0 Å². The minimum atomic E-state index is -5.54. The molecule has 0 aliphatic rings. The second-order valence-electron chi connectivity index (χ2n) is 14.9. The number of esters is 2. The Morgan fingerprint density at radius 3 is 0.759 bits per heavy atom. The molecular formula is C40H76Na4O12P2. The van der Waals surface area contributed by atoms with Crippen LogP contribution in [0, 0.1) is 0 Å². The summed E-state index contributed by atoms with van der Waals surface area (Å²) in [6, 6.07) is 0. The van der Waals surface area contributed by atoms with Gasteiger partial charge in [-0.2, -0.15) is 0 Å². The van der Waals surface area contributed by atoms with Crippen molar-refractivity contribution in [2.75, 3.05) is 13.2 Å². The molecule has 0 spiro atoms. The Hall–Kier alpha value is 3.16. The summed E-state index contributed by atoms with van der Waals surface area (Å²) in [5.74, 6) is -1.55. The summed E-state index contributed by atoms with van der Waals surface area (Å²) in [5.41, 5.74) is 0. The van der Waals surface area contributed by atoms with E-state index >= 15 is 0 Å². The summed E-state index contributed by atoms with van der Waals surface area (Å²) in [7, 11) is -11.1. The zero-order valence-electron chi connectivity index (χ0n) is 38.0. The fourth-order valence-electron chi connectivity index (χ4n) is 6.50. The van der Waals surface area contributed by atoms with Gasteiger partial charge in [0.2, 0.25) is 0 Å². The van der Waals surface area contributed by atoms with Crippen LogP contribution in [-0.2, 0) is 37.2 Å². The number of carbonyl (C=O) groups excluding carboxylic acids is 2. The molecule has 0 aromatic heterocycles. The van der Waals surface area contributed by atoms with Crippen LogP contribution in [0.15, 0.2) is 0 Å². The first kappa shape index (κ1) is 70.2. The maximum absolute atomic E-state index is 12.7. The van der Waals surface area contributed by atoms with Gasteiger partial charge in [-0.3, -0.25) is 9.59 Å². The van der Waals surface area contributed by atoms with E-state index in [1.54, 1.807) is 0 Å². The van der Waals surface area contributed by atoms with E-state index in [9.17, 15) is 38.3 Å². The summed E-state index contributed by atoms with van der Waals surface area (Å²) in [6.07, 6.45) is 31.0. The molecular weight excluding hydrogens is 826 g/mol. The van der Waals surface area contributed by atoms with Crippen molar-refractivity contribution in [2.45, 2.75) is 232 Å². The van der Waals surface area contributed by atoms with E-state index in [0.717, 1.165) is 51.4 Å². The van der Waals surface area contributed by atoms with Crippen molar-refractivity contribution in [2.24, 2.45) is 0 Å². The quantitative estimate of drug-likeness (QED) is 0.0262. The molecule has 58 heavy (non-hydrogen) atoms. The van der Waals surface area contributed by atoms with Crippen LogP contribution in [-0.4, -0.2) is 37.4 Å². The van der Waals surface area contributed by atoms with E-state index in [0.29, 0.717) is 12.8 Å². The number of unbranched alkanes of at least 4 members (excludes halogenated alkanes) is 28. The smallest absolute Gasteiger partial charge is 0.790 e. The number of hydrogen-bond acceptors (Lipinski definition) is 12. The predicted octanol–water partition coefficient (Wildman–Crippen LogP) is -2.96. The van der Waals surface area contributed by atoms with Crippen LogP contribution in [0.5, 0.6) is 0 Å². The van der Waals surface area contributed by atoms with E-state index in [1.807, 2.05) is 0 Å². The molecule has 18 heteroatoms. The van der Waals surface area contributed by atoms with Crippen molar-refractivity contribution >= 4 is 27.6 Å². The zero-order valence-corrected chi connectivity index (χ0v) is 47.8. The molecule has 0 radical (unpaired) electrons. The van der Waals surface area contributed by atoms with Crippen LogP contribution in [0.4, 0.5) is 0 Å². The molecule has 0 fully saturated rings. The maximum atomic E-state index is 12.7. The normalized spacial score (nSPS) is 12.3. The third-order valence-electron chi connectivity index (χ3n) is 9.74. The van der Waals surface area contributed by atoms with Gasteiger partial charge in [0.1, 0.15) is 0 Å². The Morgan fingerprint density at radius 1 is 0.379 bits per heavy atom. The third-order valence-corrected chi connectivity index (χ3v) is 10.7. The Labute approximate surface area is 442 Å². The van der Waals surface area contributed by atoms with Gasteiger partial charge in [0, 0.05) is 12.8 Å². The number of ether oxygens (including phenoxy) is 2. The number of phosphoric ester groups is 2. The molecule has 322 valence electrons. The molecule has 0 saturated carbocycles. The van der Waals surface area contributed by atoms with Crippen molar-refractivity contribution < 1.29 is 175 Å². The first-order valence-corrected chi connectivity index (χ1v) is 24.5. The van der Waals surface area contributed by atoms with Crippen LogP contribution in [0.2, 0.25) is 0 Å². The second kappa shape index (κ2) is 49.6. The van der Waals surface area contributed by atoms with Crippen molar-refractivity contribution in [3.63, 3.8) is 0 Å². The molecule has 0 bridgehead atoms. The van der Waals surface area contributed by atoms with Gasteiger partial charge in [0.25, 0.3) is 0 Å². The van der Waals surface area contributed by atoms with Gasteiger partial charge in [0.05, 0.1) is 28.9 Å². The Morgan fingerprint density at radius 2 is 0.569 bits per heavy atom. The molecule has 0 aliphatic heterocycles. The largest absolute Gasteiger partial charge is 1.00 e. The summed E-state index contributed by atoms with van der Waals surface area (Å²) in [4.78, 5) is 70.2. The molecule has 0 aromatic rings. The summed E-state index contributed by atoms with van der Waals surface area (Å²) >= 11 is 0. The van der Waals surface area contributed by atoms with E-state index in [2.05, 4.69) is 22.9 Å². The average molecular weight is 903 g/mol. The fraction of sp³-hybridized carbons (Fsp3) is 0.950. The Kier molecular flexibility index (Phi) is 60.0. The standard InChI is InChI=1S/C40H80O12P2.4Na/c1-3-5-7-9-11-13-15-17-19-21-23-25-27-29-31-33-39(41)51-37(35-49-53(43,44)45)38(36-50-54(46,47)48)52-40(42)34-32-30-28-26-24-22-20-18-16-14-12-10-8-6-4-2;;;;/h37-38H,3-36H2,1-2H3,(H2,43,44,45)(H2,46,47,48);;;;/q;4*+1/p-4. The number of phosphoric acid groups is 2. The Balaban J connectivity index is -0.00000234. The van der Waals surface area contributed by atoms with E-state index in [-0.39, 0.29) is 131 Å². The first-order valence-electron chi connectivity index (χ1n) is 21.6. The number of rotatable bonds is 41. The molecule has 12 nitrogen and oxygen atoms in total. The zero-order chi connectivity index (χ0) is 40.2. The van der Waals surface area contributed by atoms with Crippen LogP contribution >= 0.6 is 15.6 Å². The molecule has 0 aliphatic carbocycles. The number of hydrogen-bond donors (Lipinski definition) is 0. The van der Waals surface area contributed by atoms with E-state index in [1.165, 1.54) is 128 Å². The summed E-state index contributed by atoms with van der Waals surface area (Å²) in [5, 5.41) is 0.